The number of nitrogens with one attached hydrogen (secondary N) is 1. The summed E-state index contributed by atoms with van der Waals surface area (Å²) < 4.78 is 0. The van der Waals surface area contributed by atoms with Gasteiger partial charge in [-0.3, -0.25) is 14.9 Å². The zero-order valence-corrected chi connectivity index (χ0v) is 15.2. The zero-order chi connectivity index (χ0) is 18.2. The summed E-state index contributed by atoms with van der Waals surface area (Å²) in [6.45, 7) is 6.18. The van der Waals surface area contributed by atoms with E-state index in [1.165, 1.54) is 0 Å². The number of pyridine rings is 1. The number of hydrogen-bond donors (Lipinski definition) is 2. The lowest BCUT2D eigenvalue weighted by atomic mass is 9.91. The number of aromatic nitrogens is 1. The average Bonchev–Trinajstić information content (AvgIpc) is 2.65. The molecule has 138 valence electrons. The predicted molar refractivity (Wildman–Crippen MR) is 97.3 cm³/mol. The number of anilines is 1. The first-order valence-electron chi connectivity index (χ1n) is 9.33. The van der Waals surface area contributed by atoms with Crippen LogP contribution in [0.25, 0.3) is 0 Å². The van der Waals surface area contributed by atoms with Crippen molar-refractivity contribution < 1.29 is 14.7 Å². The van der Waals surface area contributed by atoms with E-state index in [4.69, 9.17) is 5.11 Å². The number of aliphatic hydroxyl groups is 1. The monoisotopic (exact) mass is 347 g/mol. The van der Waals surface area contributed by atoms with Crippen LogP contribution < -0.4 is 10.2 Å². The van der Waals surface area contributed by atoms with E-state index in [0.717, 1.165) is 43.7 Å². The van der Waals surface area contributed by atoms with Gasteiger partial charge in [0.2, 0.25) is 11.8 Å². The van der Waals surface area contributed by atoms with Crippen LogP contribution in [-0.4, -0.2) is 41.6 Å². The number of hydrogen-bond acceptors (Lipinski definition) is 5. The van der Waals surface area contributed by atoms with Crippen LogP contribution >= 0.6 is 0 Å². The largest absolute Gasteiger partial charge is 0.396 e. The fourth-order valence-corrected chi connectivity index (χ4v) is 3.44. The van der Waals surface area contributed by atoms with E-state index in [1.54, 1.807) is 6.20 Å². The highest BCUT2D eigenvalue weighted by molar-refractivity contribution is 6.00. The summed E-state index contributed by atoms with van der Waals surface area (Å²) in [5, 5.41) is 11.4. The van der Waals surface area contributed by atoms with E-state index in [0.29, 0.717) is 18.8 Å². The molecule has 2 fully saturated rings. The molecule has 1 atom stereocenters. The number of amides is 2. The maximum absolute atomic E-state index is 11.9. The smallest absolute Gasteiger partial charge is 0.234 e. The summed E-state index contributed by atoms with van der Waals surface area (Å²) >= 11 is 0. The molecule has 0 saturated carbocycles. The van der Waals surface area contributed by atoms with Crippen molar-refractivity contribution in [3.8, 4) is 0 Å². The second-order valence-corrected chi connectivity index (χ2v) is 6.40. The first-order valence-corrected chi connectivity index (χ1v) is 9.33. The summed E-state index contributed by atoms with van der Waals surface area (Å²) in [7, 11) is 0. The zero-order valence-electron chi connectivity index (χ0n) is 15.2. The Kier molecular flexibility index (Phi) is 7.37. The molecule has 2 aliphatic rings. The van der Waals surface area contributed by atoms with Crippen molar-refractivity contribution >= 4 is 17.6 Å². The Morgan fingerprint density at radius 3 is 2.48 bits per heavy atom. The Hall–Kier alpha value is -1.95. The lowest BCUT2D eigenvalue weighted by Crippen LogP contribution is -2.39. The molecule has 2 N–H and O–H groups in total. The number of nitrogens with zero attached hydrogens (tertiary/aromatic N) is 2. The van der Waals surface area contributed by atoms with Gasteiger partial charge in [0.1, 0.15) is 5.82 Å². The SMILES string of the molecule is CC.O=C1CCC(c2ccc(N3CCC(CCO)CC3)nc2)C(=O)N1. The fraction of sp³-hybridized carbons (Fsp3) is 0.632. The van der Waals surface area contributed by atoms with Gasteiger partial charge in [0, 0.05) is 32.3 Å². The van der Waals surface area contributed by atoms with Gasteiger partial charge in [-0.05, 0) is 43.2 Å². The van der Waals surface area contributed by atoms with E-state index in [1.807, 2.05) is 26.0 Å². The normalized spacial score (nSPS) is 21.4. The molecule has 0 bridgehead atoms. The van der Waals surface area contributed by atoms with Crippen molar-refractivity contribution in [2.45, 2.75) is 51.9 Å². The van der Waals surface area contributed by atoms with Crippen molar-refractivity contribution in [3.63, 3.8) is 0 Å². The summed E-state index contributed by atoms with van der Waals surface area (Å²) in [5.41, 5.74) is 0.869. The quantitative estimate of drug-likeness (QED) is 0.816. The van der Waals surface area contributed by atoms with Gasteiger partial charge in [-0.25, -0.2) is 4.98 Å². The minimum Gasteiger partial charge on any atom is -0.396 e. The molecule has 2 saturated heterocycles. The molecule has 1 aromatic heterocycles. The second-order valence-electron chi connectivity index (χ2n) is 6.40. The van der Waals surface area contributed by atoms with Crippen LogP contribution in [0.5, 0.6) is 0 Å². The summed E-state index contributed by atoms with van der Waals surface area (Å²) in [5.74, 6) is 0.856. The molecule has 2 amide bonds. The van der Waals surface area contributed by atoms with E-state index < -0.39 is 0 Å². The molecule has 3 heterocycles. The number of aliphatic hydroxyl groups excluding tert-OH is 1. The molecular weight excluding hydrogens is 318 g/mol. The number of imide groups is 1. The van der Waals surface area contributed by atoms with Gasteiger partial charge in [0.25, 0.3) is 0 Å². The third-order valence-electron chi connectivity index (χ3n) is 4.89. The van der Waals surface area contributed by atoms with Crippen LogP contribution in [-0.2, 0) is 9.59 Å². The standard InChI is InChI=1S/C17H23N3O3.C2H6/c21-10-7-12-5-8-20(9-6-12)15-3-1-13(11-18-15)14-2-4-16(22)19-17(14)23;1-2/h1,3,11-12,14,21H,2,4-10H2,(H,19,22,23);1-2H3. The molecule has 0 radical (unpaired) electrons. The average molecular weight is 347 g/mol. The number of rotatable bonds is 4. The highest BCUT2D eigenvalue weighted by Gasteiger charge is 2.28. The highest BCUT2D eigenvalue weighted by atomic mass is 16.3. The summed E-state index contributed by atoms with van der Waals surface area (Å²) in [6, 6.07) is 3.91. The maximum Gasteiger partial charge on any atom is 0.234 e. The van der Waals surface area contributed by atoms with E-state index in [-0.39, 0.29) is 24.3 Å². The molecule has 0 aromatic carbocycles. The molecule has 6 nitrogen and oxygen atoms in total. The molecule has 1 unspecified atom stereocenters. The van der Waals surface area contributed by atoms with Gasteiger partial charge in [-0.15, -0.1) is 0 Å². The van der Waals surface area contributed by atoms with Crippen LogP contribution in [0, 0.1) is 5.92 Å². The minimum atomic E-state index is -0.274. The number of piperidine rings is 2. The van der Waals surface area contributed by atoms with Gasteiger partial charge in [0.05, 0.1) is 5.92 Å². The van der Waals surface area contributed by atoms with E-state index in [9.17, 15) is 9.59 Å². The third kappa shape index (κ3) is 5.01. The van der Waals surface area contributed by atoms with Crippen molar-refractivity contribution in [3.05, 3.63) is 23.9 Å². The van der Waals surface area contributed by atoms with Gasteiger partial charge in [-0.2, -0.15) is 0 Å². The first-order chi connectivity index (χ1) is 12.2. The Balaban J connectivity index is 0.00000109. The number of carbonyl (C=O) groups excluding carboxylic acids is 2. The third-order valence-corrected chi connectivity index (χ3v) is 4.89. The predicted octanol–water partition coefficient (Wildman–Crippen LogP) is 2.23. The maximum atomic E-state index is 11.9. The van der Waals surface area contributed by atoms with Crippen LogP contribution in [0.2, 0.25) is 0 Å². The minimum absolute atomic E-state index is 0.193. The van der Waals surface area contributed by atoms with Gasteiger partial charge < -0.3 is 10.0 Å². The Bertz CT molecular complexity index is 566. The van der Waals surface area contributed by atoms with E-state index in [2.05, 4.69) is 15.2 Å². The Morgan fingerprint density at radius 2 is 1.92 bits per heavy atom. The molecule has 2 aliphatic heterocycles. The van der Waals surface area contributed by atoms with Crippen LogP contribution in [0.1, 0.15) is 57.4 Å². The van der Waals surface area contributed by atoms with Crippen LogP contribution in [0.15, 0.2) is 18.3 Å². The first kappa shape index (κ1) is 19.4. The van der Waals surface area contributed by atoms with Crippen molar-refractivity contribution in [1.82, 2.24) is 10.3 Å². The molecule has 0 spiro atoms. The van der Waals surface area contributed by atoms with Crippen LogP contribution in [0.4, 0.5) is 5.82 Å². The van der Waals surface area contributed by atoms with E-state index >= 15 is 0 Å². The second kappa shape index (κ2) is 9.51. The van der Waals surface area contributed by atoms with Gasteiger partial charge in [-0.1, -0.05) is 19.9 Å². The molecule has 3 rings (SSSR count). The fourth-order valence-electron chi connectivity index (χ4n) is 3.44. The lowest BCUT2D eigenvalue weighted by molar-refractivity contribution is -0.134. The summed E-state index contributed by atoms with van der Waals surface area (Å²) in [6.07, 6.45) is 5.74. The number of carbonyl (C=O) groups is 2. The molecule has 0 aliphatic carbocycles. The van der Waals surface area contributed by atoms with Gasteiger partial charge in [0.15, 0.2) is 0 Å². The lowest BCUT2D eigenvalue weighted by Gasteiger charge is -2.32. The highest BCUT2D eigenvalue weighted by Crippen LogP contribution is 2.27. The summed E-state index contributed by atoms with van der Waals surface area (Å²) in [4.78, 5) is 29.9. The molecular formula is C19H29N3O3. The molecule has 6 heteroatoms. The Labute approximate surface area is 149 Å². The van der Waals surface area contributed by atoms with Crippen molar-refractivity contribution in [1.29, 1.82) is 0 Å². The van der Waals surface area contributed by atoms with Crippen LogP contribution in [0.3, 0.4) is 0 Å². The van der Waals surface area contributed by atoms with Gasteiger partial charge >= 0.3 is 0 Å². The molecule has 1 aromatic rings. The Morgan fingerprint density at radius 1 is 1.20 bits per heavy atom. The van der Waals surface area contributed by atoms with Crippen molar-refractivity contribution in [2.75, 3.05) is 24.6 Å². The van der Waals surface area contributed by atoms with Crippen molar-refractivity contribution in [2.24, 2.45) is 5.92 Å². The molecule has 25 heavy (non-hydrogen) atoms. The topological polar surface area (TPSA) is 82.5 Å².